The summed E-state index contributed by atoms with van der Waals surface area (Å²) >= 11 is 0. The number of aliphatic hydroxyl groups is 1. The number of para-hydroxylation sites is 2. The van der Waals surface area contributed by atoms with Gasteiger partial charge in [0.25, 0.3) is 0 Å². The molecular formula is C16H16F4IN3O2. The van der Waals surface area contributed by atoms with Crippen LogP contribution in [0, 0.1) is 5.82 Å². The molecule has 0 radical (unpaired) electrons. The van der Waals surface area contributed by atoms with Gasteiger partial charge in [-0.3, -0.25) is 4.99 Å². The number of alkyl halides is 3. The first-order valence-electron chi connectivity index (χ1n) is 7.10. The third-order valence-corrected chi connectivity index (χ3v) is 3.06. The quantitative estimate of drug-likeness (QED) is 0.261. The van der Waals surface area contributed by atoms with Crippen molar-refractivity contribution in [2.24, 2.45) is 10.7 Å². The summed E-state index contributed by atoms with van der Waals surface area (Å²) < 4.78 is 53.8. The molecule has 0 spiro atoms. The Morgan fingerprint density at radius 2 is 1.77 bits per heavy atom. The largest absolute Gasteiger partial charge is 0.573 e. The van der Waals surface area contributed by atoms with Gasteiger partial charge in [0.05, 0.1) is 18.3 Å². The van der Waals surface area contributed by atoms with Crippen LogP contribution in [0.15, 0.2) is 53.5 Å². The Bertz CT molecular complexity index is 739. The number of hydrogen-bond donors (Lipinski definition) is 3. The van der Waals surface area contributed by atoms with E-state index >= 15 is 0 Å². The second-order valence-electron chi connectivity index (χ2n) is 4.96. The van der Waals surface area contributed by atoms with E-state index in [4.69, 9.17) is 5.73 Å². The molecule has 142 valence electrons. The number of nitrogens with one attached hydrogen (secondary N) is 1. The number of nitrogens with two attached hydrogens (primary N) is 1. The lowest BCUT2D eigenvalue weighted by molar-refractivity contribution is -0.274. The van der Waals surface area contributed by atoms with E-state index in [1.165, 1.54) is 42.5 Å². The van der Waals surface area contributed by atoms with Crippen molar-refractivity contribution < 1.29 is 27.4 Å². The fourth-order valence-corrected chi connectivity index (χ4v) is 1.94. The molecule has 0 heterocycles. The Balaban J connectivity index is 0.00000338. The molecule has 0 amide bonds. The highest BCUT2D eigenvalue weighted by molar-refractivity contribution is 14.0. The van der Waals surface area contributed by atoms with Crippen LogP contribution in [0.4, 0.5) is 23.2 Å². The summed E-state index contributed by atoms with van der Waals surface area (Å²) in [4.78, 5) is 3.86. The Labute approximate surface area is 163 Å². The number of aliphatic hydroxyl groups excluding tert-OH is 1. The SMILES string of the molecule is I.NC(=NCC(O)c1ccc(F)cc1)Nc1ccccc1OC(F)(F)F. The molecule has 0 fully saturated rings. The van der Waals surface area contributed by atoms with Crippen LogP contribution in [0.3, 0.4) is 0 Å². The van der Waals surface area contributed by atoms with Crippen LogP contribution in [-0.2, 0) is 0 Å². The second kappa shape index (κ2) is 9.57. The van der Waals surface area contributed by atoms with Crippen LogP contribution in [0.5, 0.6) is 5.75 Å². The number of guanidine groups is 1. The zero-order chi connectivity index (χ0) is 18.4. The molecule has 26 heavy (non-hydrogen) atoms. The molecule has 5 nitrogen and oxygen atoms in total. The van der Waals surface area contributed by atoms with Crippen LogP contribution in [0.2, 0.25) is 0 Å². The Morgan fingerprint density at radius 3 is 2.38 bits per heavy atom. The van der Waals surface area contributed by atoms with Gasteiger partial charge in [-0.15, -0.1) is 37.1 Å². The normalized spacial score (nSPS) is 12.9. The molecule has 1 atom stereocenters. The van der Waals surface area contributed by atoms with Crippen molar-refractivity contribution in [3.05, 3.63) is 59.9 Å². The molecule has 10 heteroatoms. The van der Waals surface area contributed by atoms with Gasteiger partial charge in [0.2, 0.25) is 0 Å². The maximum absolute atomic E-state index is 12.8. The van der Waals surface area contributed by atoms with Gasteiger partial charge < -0.3 is 20.9 Å². The van der Waals surface area contributed by atoms with E-state index in [1.54, 1.807) is 0 Å². The highest BCUT2D eigenvalue weighted by Crippen LogP contribution is 2.29. The number of benzene rings is 2. The summed E-state index contributed by atoms with van der Waals surface area (Å²) in [5.74, 6) is -1.12. The van der Waals surface area contributed by atoms with E-state index in [-0.39, 0.29) is 42.2 Å². The third-order valence-electron chi connectivity index (χ3n) is 3.06. The van der Waals surface area contributed by atoms with Crippen molar-refractivity contribution in [3.63, 3.8) is 0 Å². The summed E-state index contributed by atoms with van der Waals surface area (Å²) in [5.41, 5.74) is 6.02. The minimum atomic E-state index is -4.84. The van der Waals surface area contributed by atoms with Gasteiger partial charge in [-0.25, -0.2) is 4.39 Å². The van der Waals surface area contributed by atoms with Gasteiger partial charge >= 0.3 is 6.36 Å². The highest BCUT2D eigenvalue weighted by Gasteiger charge is 2.32. The fraction of sp³-hybridized carbons (Fsp3) is 0.188. The van der Waals surface area contributed by atoms with Crippen molar-refractivity contribution >= 4 is 35.6 Å². The number of anilines is 1. The molecule has 0 aliphatic carbocycles. The summed E-state index contributed by atoms with van der Waals surface area (Å²) in [6, 6.07) is 10.5. The van der Waals surface area contributed by atoms with Gasteiger partial charge in [0.1, 0.15) is 5.82 Å². The van der Waals surface area contributed by atoms with Crippen molar-refractivity contribution in [3.8, 4) is 5.75 Å². The van der Waals surface area contributed by atoms with E-state index in [0.717, 1.165) is 6.07 Å². The van der Waals surface area contributed by atoms with E-state index in [0.29, 0.717) is 5.56 Å². The predicted molar refractivity (Wildman–Crippen MR) is 100 cm³/mol. The molecule has 2 aromatic carbocycles. The van der Waals surface area contributed by atoms with Gasteiger partial charge in [0.15, 0.2) is 11.7 Å². The summed E-state index contributed by atoms with van der Waals surface area (Å²) in [6.45, 7) is -0.160. The van der Waals surface area contributed by atoms with Crippen molar-refractivity contribution in [2.45, 2.75) is 12.5 Å². The van der Waals surface area contributed by atoms with Gasteiger partial charge in [-0.2, -0.15) is 0 Å². The number of nitrogens with zero attached hydrogens (tertiary/aromatic N) is 1. The molecular weight excluding hydrogens is 469 g/mol. The first kappa shape index (κ1) is 22.0. The van der Waals surface area contributed by atoms with Crippen LogP contribution in [0.25, 0.3) is 0 Å². The average Bonchev–Trinajstić information content (AvgIpc) is 2.54. The van der Waals surface area contributed by atoms with Crippen molar-refractivity contribution in [2.75, 3.05) is 11.9 Å². The van der Waals surface area contributed by atoms with Gasteiger partial charge in [-0.1, -0.05) is 24.3 Å². The lowest BCUT2D eigenvalue weighted by Crippen LogP contribution is -2.25. The summed E-state index contributed by atoms with van der Waals surface area (Å²) in [6.07, 6.45) is -5.88. The lowest BCUT2D eigenvalue weighted by atomic mass is 10.1. The standard InChI is InChI=1S/C16H15F4N3O2.HI/c17-11-7-5-10(6-8-11)13(24)9-22-15(21)23-12-3-1-2-4-14(12)25-16(18,19)20;/h1-8,13,24H,9H2,(H3,21,22,23);1H. The maximum Gasteiger partial charge on any atom is 0.573 e. The van der Waals surface area contributed by atoms with E-state index in [1.807, 2.05) is 0 Å². The Morgan fingerprint density at radius 1 is 1.15 bits per heavy atom. The third kappa shape index (κ3) is 7.04. The molecule has 0 bridgehead atoms. The molecule has 0 aromatic heterocycles. The van der Waals surface area contributed by atoms with Crippen LogP contribution < -0.4 is 15.8 Å². The summed E-state index contributed by atoms with van der Waals surface area (Å²) in [7, 11) is 0. The zero-order valence-electron chi connectivity index (χ0n) is 13.2. The minimum Gasteiger partial charge on any atom is -0.404 e. The maximum atomic E-state index is 12.8. The van der Waals surface area contributed by atoms with Crippen LogP contribution in [-0.4, -0.2) is 24.0 Å². The minimum absolute atomic E-state index is 0. The first-order valence-corrected chi connectivity index (χ1v) is 7.10. The summed E-state index contributed by atoms with van der Waals surface area (Å²) in [5, 5.41) is 12.4. The van der Waals surface area contributed by atoms with Crippen LogP contribution >= 0.6 is 24.0 Å². The molecule has 4 N–H and O–H groups in total. The smallest absolute Gasteiger partial charge is 0.404 e. The number of ether oxygens (including phenoxy) is 1. The Kier molecular flexibility index (Phi) is 8.08. The average molecular weight is 485 g/mol. The molecule has 0 aliphatic heterocycles. The zero-order valence-corrected chi connectivity index (χ0v) is 15.5. The van der Waals surface area contributed by atoms with Gasteiger partial charge in [0, 0.05) is 0 Å². The topological polar surface area (TPSA) is 79.9 Å². The first-order chi connectivity index (χ1) is 11.7. The second-order valence-corrected chi connectivity index (χ2v) is 4.96. The molecule has 0 aliphatic rings. The molecule has 0 saturated heterocycles. The van der Waals surface area contributed by atoms with E-state index < -0.39 is 24.0 Å². The molecule has 2 aromatic rings. The number of hydrogen-bond acceptors (Lipinski definition) is 3. The van der Waals surface area contributed by atoms with E-state index in [9.17, 15) is 22.7 Å². The van der Waals surface area contributed by atoms with Gasteiger partial charge in [-0.05, 0) is 29.8 Å². The predicted octanol–water partition coefficient (Wildman–Crippen LogP) is 3.80. The van der Waals surface area contributed by atoms with Crippen molar-refractivity contribution in [1.82, 2.24) is 0 Å². The number of halogens is 5. The molecule has 1 unspecified atom stereocenters. The molecule has 2 rings (SSSR count). The Hall–Kier alpha value is -2.08. The van der Waals surface area contributed by atoms with Crippen LogP contribution in [0.1, 0.15) is 11.7 Å². The molecule has 0 saturated carbocycles. The monoisotopic (exact) mass is 485 g/mol. The number of aliphatic imine (C=N–C) groups is 1. The number of rotatable bonds is 5. The van der Waals surface area contributed by atoms with Crippen molar-refractivity contribution in [1.29, 1.82) is 0 Å². The lowest BCUT2D eigenvalue weighted by Gasteiger charge is -2.14. The fourth-order valence-electron chi connectivity index (χ4n) is 1.94. The highest BCUT2D eigenvalue weighted by atomic mass is 127. The van der Waals surface area contributed by atoms with E-state index in [2.05, 4.69) is 15.0 Å².